The Bertz CT molecular complexity index is 936. The van der Waals surface area contributed by atoms with Crippen molar-refractivity contribution >= 4 is 17.0 Å². The molecule has 0 aliphatic heterocycles. The summed E-state index contributed by atoms with van der Waals surface area (Å²) >= 11 is 0. The maximum atomic E-state index is 12.1. The maximum absolute atomic E-state index is 12.1. The number of oxazole rings is 1. The van der Waals surface area contributed by atoms with Crippen molar-refractivity contribution in [3.05, 3.63) is 64.4 Å². The molecule has 1 aliphatic carbocycles. The summed E-state index contributed by atoms with van der Waals surface area (Å²) in [6.45, 7) is 0.324. The summed E-state index contributed by atoms with van der Waals surface area (Å²) in [5.41, 5.74) is 3.17. The number of fused-ring (bicyclic) bond motifs is 1. The van der Waals surface area contributed by atoms with Gasteiger partial charge in [-0.15, -0.1) is 0 Å². The Morgan fingerprint density at radius 2 is 2.08 bits per heavy atom. The monoisotopic (exact) mass is 323 g/mol. The van der Waals surface area contributed by atoms with Gasteiger partial charge >= 0.3 is 5.76 Å². The van der Waals surface area contributed by atoms with Gasteiger partial charge in [0.2, 0.25) is 5.91 Å². The number of benzene rings is 1. The van der Waals surface area contributed by atoms with Crippen LogP contribution in [0.25, 0.3) is 11.1 Å². The molecule has 24 heavy (non-hydrogen) atoms. The molecule has 0 atom stereocenters. The molecule has 2 aromatic heterocycles. The Labute approximate surface area is 138 Å². The van der Waals surface area contributed by atoms with E-state index in [0.29, 0.717) is 23.6 Å². The van der Waals surface area contributed by atoms with Crippen LogP contribution in [0.1, 0.15) is 30.0 Å². The predicted molar refractivity (Wildman–Crippen MR) is 88.5 cm³/mol. The molecule has 6 heteroatoms. The van der Waals surface area contributed by atoms with Gasteiger partial charge in [0.1, 0.15) is 6.54 Å². The van der Waals surface area contributed by atoms with E-state index in [1.807, 2.05) is 12.1 Å². The minimum atomic E-state index is -0.526. The smallest absolute Gasteiger partial charge is 0.408 e. The van der Waals surface area contributed by atoms with E-state index in [9.17, 15) is 9.59 Å². The number of hydrogen-bond donors (Lipinski definition) is 1. The van der Waals surface area contributed by atoms with Crippen molar-refractivity contribution in [2.45, 2.75) is 31.8 Å². The number of carbonyl (C=O) groups excluding carboxylic acids is 1. The Morgan fingerprint density at radius 3 is 2.83 bits per heavy atom. The minimum absolute atomic E-state index is 0.0660. The highest BCUT2D eigenvalue weighted by Gasteiger charge is 2.24. The number of pyridine rings is 1. The van der Waals surface area contributed by atoms with Crippen molar-refractivity contribution in [1.82, 2.24) is 14.9 Å². The Morgan fingerprint density at radius 1 is 1.25 bits per heavy atom. The number of carbonyl (C=O) groups is 1. The van der Waals surface area contributed by atoms with Gasteiger partial charge in [-0.1, -0.05) is 18.2 Å². The maximum Gasteiger partial charge on any atom is 0.420 e. The van der Waals surface area contributed by atoms with E-state index >= 15 is 0 Å². The zero-order chi connectivity index (χ0) is 16.5. The molecule has 0 unspecified atom stereocenters. The summed E-state index contributed by atoms with van der Waals surface area (Å²) in [6, 6.07) is 11.1. The predicted octanol–water partition coefficient (Wildman–Crippen LogP) is 2.18. The van der Waals surface area contributed by atoms with Crippen LogP contribution in [0.5, 0.6) is 0 Å². The zero-order valence-corrected chi connectivity index (χ0v) is 13.1. The molecular formula is C18H17N3O3. The van der Waals surface area contributed by atoms with Gasteiger partial charge in [-0.2, -0.15) is 0 Å². The number of nitrogens with one attached hydrogen (secondary N) is 1. The molecule has 1 saturated carbocycles. The van der Waals surface area contributed by atoms with Gasteiger partial charge in [0.25, 0.3) is 0 Å². The first kappa shape index (κ1) is 14.7. The number of nitrogens with zero attached hydrogens (tertiary/aromatic N) is 2. The first-order valence-electron chi connectivity index (χ1n) is 8.00. The van der Waals surface area contributed by atoms with E-state index in [2.05, 4.69) is 10.3 Å². The summed E-state index contributed by atoms with van der Waals surface area (Å²) in [4.78, 5) is 28.4. The van der Waals surface area contributed by atoms with Crippen molar-refractivity contribution in [1.29, 1.82) is 0 Å². The number of aromatic nitrogens is 2. The van der Waals surface area contributed by atoms with E-state index in [0.717, 1.165) is 11.3 Å². The minimum Gasteiger partial charge on any atom is -0.408 e. The molecule has 1 N–H and O–H groups in total. The first-order chi connectivity index (χ1) is 11.7. The number of para-hydroxylation sites is 2. The standard InChI is InChI=1S/C18H17N3O3/c22-17(11-21-15-3-1-2-4-16(15)24-18(21)23)20-10-12-5-8-14(19-9-12)13-6-7-13/h1-5,8-9,13H,6-7,10-11H2,(H,20,22). The molecule has 1 aliphatic rings. The SMILES string of the molecule is O=C(Cn1c(=O)oc2ccccc21)NCc1ccc(C2CC2)nc1. The number of rotatable bonds is 5. The fourth-order valence-corrected chi connectivity index (χ4v) is 2.72. The van der Waals surface area contributed by atoms with Gasteiger partial charge in [0.15, 0.2) is 5.58 Å². The molecule has 122 valence electrons. The molecule has 0 spiro atoms. The largest absolute Gasteiger partial charge is 0.420 e. The molecular weight excluding hydrogens is 306 g/mol. The van der Waals surface area contributed by atoms with Crippen LogP contribution in [0.15, 0.2) is 51.8 Å². The summed E-state index contributed by atoms with van der Waals surface area (Å²) in [5, 5.41) is 2.81. The second-order valence-corrected chi connectivity index (χ2v) is 6.06. The lowest BCUT2D eigenvalue weighted by atomic mass is 10.2. The molecule has 3 aromatic rings. The van der Waals surface area contributed by atoms with Gasteiger partial charge in [-0.25, -0.2) is 4.79 Å². The average Bonchev–Trinajstić information content (AvgIpc) is 3.40. The number of amides is 1. The third kappa shape index (κ3) is 2.95. The average molecular weight is 323 g/mol. The fraction of sp³-hybridized carbons (Fsp3) is 0.278. The molecule has 2 heterocycles. The summed E-state index contributed by atoms with van der Waals surface area (Å²) in [5.74, 6) is -0.147. The lowest BCUT2D eigenvalue weighted by Crippen LogP contribution is -2.30. The molecule has 0 saturated heterocycles. The summed E-state index contributed by atoms with van der Waals surface area (Å²) in [6.07, 6.45) is 4.24. The van der Waals surface area contributed by atoms with Gasteiger partial charge in [0.05, 0.1) is 5.52 Å². The van der Waals surface area contributed by atoms with E-state index in [-0.39, 0.29) is 12.5 Å². The summed E-state index contributed by atoms with van der Waals surface area (Å²) in [7, 11) is 0. The van der Waals surface area contributed by atoms with Crippen LogP contribution in [0.2, 0.25) is 0 Å². The number of hydrogen-bond acceptors (Lipinski definition) is 4. The Hall–Kier alpha value is -2.89. The van der Waals surface area contributed by atoms with E-state index < -0.39 is 5.76 Å². The van der Waals surface area contributed by atoms with Gasteiger partial charge in [0, 0.05) is 24.4 Å². The lowest BCUT2D eigenvalue weighted by Gasteiger charge is -2.06. The highest BCUT2D eigenvalue weighted by molar-refractivity contribution is 5.79. The second kappa shape index (κ2) is 5.96. The normalized spacial score (nSPS) is 14.0. The quantitative estimate of drug-likeness (QED) is 0.781. The zero-order valence-electron chi connectivity index (χ0n) is 13.1. The molecule has 1 fully saturated rings. The second-order valence-electron chi connectivity index (χ2n) is 6.06. The molecule has 0 radical (unpaired) electrons. The summed E-state index contributed by atoms with van der Waals surface area (Å²) < 4.78 is 6.45. The highest BCUT2D eigenvalue weighted by atomic mass is 16.4. The van der Waals surface area contributed by atoms with Gasteiger partial charge < -0.3 is 9.73 Å². The van der Waals surface area contributed by atoms with Gasteiger partial charge in [-0.05, 0) is 36.6 Å². The Balaban J connectivity index is 1.40. The van der Waals surface area contributed by atoms with Crippen LogP contribution in [0.3, 0.4) is 0 Å². The van der Waals surface area contributed by atoms with Crippen molar-refractivity contribution < 1.29 is 9.21 Å². The Kier molecular flexibility index (Phi) is 3.65. The van der Waals surface area contributed by atoms with E-state index in [4.69, 9.17) is 4.42 Å². The molecule has 4 rings (SSSR count). The third-order valence-corrected chi connectivity index (χ3v) is 4.21. The third-order valence-electron chi connectivity index (χ3n) is 4.21. The van der Waals surface area contributed by atoms with Crippen molar-refractivity contribution in [2.75, 3.05) is 0 Å². The van der Waals surface area contributed by atoms with Crippen molar-refractivity contribution in [3.63, 3.8) is 0 Å². The lowest BCUT2D eigenvalue weighted by molar-refractivity contribution is -0.121. The fourth-order valence-electron chi connectivity index (χ4n) is 2.72. The van der Waals surface area contributed by atoms with Crippen LogP contribution in [-0.4, -0.2) is 15.5 Å². The molecule has 1 amide bonds. The topological polar surface area (TPSA) is 77.1 Å². The van der Waals surface area contributed by atoms with Crippen LogP contribution >= 0.6 is 0 Å². The highest BCUT2D eigenvalue weighted by Crippen LogP contribution is 2.38. The van der Waals surface area contributed by atoms with E-state index in [1.54, 1.807) is 30.5 Å². The first-order valence-corrected chi connectivity index (χ1v) is 8.00. The molecule has 1 aromatic carbocycles. The molecule has 0 bridgehead atoms. The van der Waals surface area contributed by atoms with Crippen molar-refractivity contribution in [3.8, 4) is 0 Å². The van der Waals surface area contributed by atoms with Gasteiger partial charge in [-0.3, -0.25) is 14.3 Å². The van der Waals surface area contributed by atoms with Crippen LogP contribution in [0, 0.1) is 0 Å². The van der Waals surface area contributed by atoms with Crippen LogP contribution in [-0.2, 0) is 17.9 Å². The van der Waals surface area contributed by atoms with Crippen LogP contribution in [0.4, 0.5) is 0 Å². The molecule has 6 nitrogen and oxygen atoms in total. The van der Waals surface area contributed by atoms with Crippen molar-refractivity contribution in [2.24, 2.45) is 0 Å². The van der Waals surface area contributed by atoms with E-state index in [1.165, 1.54) is 17.4 Å². The van der Waals surface area contributed by atoms with Crippen LogP contribution < -0.4 is 11.1 Å².